The average molecular weight is 357 g/mol. The average Bonchev–Trinajstić information content (AvgIpc) is 2.63. The maximum absolute atomic E-state index is 9.96. The molecule has 1 aromatic carbocycles. The molecule has 1 aromatic rings. The third-order valence-electron chi connectivity index (χ3n) is 3.98. The maximum Gasteiger partial charge on any atom is 0.229 e. The highest BCUT2D eigenvalue weighted by atomic mass is 16.7. The zero-order valence-corrected chi connectivity index (χ0v) is 14.2. The van der Waals surface area contributed by atoms with E-state index in [1.165, 1.54) is 0 Å². The number of aliphatic hydroxyl groups excluding tert-OH is 4. The van der Waals surface area contributed by atoms with E-state index in [0.717, 1.165) is 12.1 Å². The van der Waals surface area contributed by atoms with E-state index in [1.807, 2.05) is 19.1 Å². The lowest BCUT2D eigenvalue weighted by molar-refractivity contribution is -0.277. The molecule has 5 atom stereocenters. The minimum atomic E-state index is -1.45. The first-order valence-electron chi connectivity index (χ1n) is 8.41. The summed E-state index contributed by atoms with van der Waals surface area (Å²) < 4.78 is 16.1. The largest absolute Gasteiger partial charge is 0.462 e. The number of hydrogen-bond donors (Lipinski definition) is 5. The minimum absolute atomic E-state index is 0.447. The molecule has 8 heteroatoms. The summed E-state index contributed by atoms with van der Waals surface area (Å²) in [6.07, 6.45) is -6.43. The summed E-state index contributed by atoms with van der Waals surface area (Å²) in [5, 5.41) is 41.9. The molecule has 1 fully saturated rings. The molecule has 1 aliphatic rings. The van der Waals surface area contributed by atoms with Crippen molar-refractivity contribution in [1.82, 2.24) is 5.32 Å². The summed E-state index contributed by atoms with van der Waals surface area (Å²) in [5.74, 6) is 0.447. The highest BCUT2D eigenvalue weighted by Gasteiger charge is 2.44. The van der Waals surface area contributed by atoms with Crippen LogP contribution in [0.1, 0.15) is 12.5 Å². The lowest BCUT2D eigenvalue weighted by Gasteiger charge is -2.39. The molecule has 0 saturated carbocycles. The van der Waals surface area contributed by atoms with Crippen molar-refractivity contribution >= 4 is 0 Å². The van der Waals surface area contributed by atoms with Crippen LogP contribution < -0.4 is 10.1 Å². The number of nitrogens with one attached hydrogen (secondary N) is 1. The van der Waals surface area contributed by atoms with Gasteiger partial charge < -0.3 is 40.0 Å². The van der Waals surface area contributed by atoms with Crippen molar-refractivity contribution in [3.05, 3.63) is 29.8 Å². The first kappa shape index (κ1) is 20.1. The number of rotatable bonds is 9. The molecule has 1 heterocycles. The van der Waals surface area contributed by atoms with Crippen LogP contribution >= 0.6 is 0 Å². The van der Waals surface area contributed by atoms with Crippen LogP contribution in [0.2, 0.25) is 0 Å². The number of aliphatic hydroxyl groups is 4. The molecular formula is C17H27NO7. The molecule has 8 nitrogen and oxygen atoms in total. The van der Waals surface area contributed by atoms with Gasteiger partial charge in [0.2, 0.25) is 6.29 Å². The molecule has 0 aliphatic carbocycles. The molecule has 142 valence electrons. The Bertz CT molecular complexity index is 496. The van der Waals surface area contributed by atoms with Gasteiger partial charge in [0, 0.05) is 19.7 Å². The van der Waals surface area contributed by atoms with E-state index in [0.29, 0.717) is 25.5 Å². The quantitative estimate of drug-likeness (QED) is 0.357. The minimum Gasteiger partial charge on any atom is -0.462 e. The highest BCUT2D eigenvalue weighted by molar-refractivity contribution is 5.27. The van der Waals surface area contributed by atoms with E-state index in [2.05, 4.69) is 5.32 Å². The van der Waals surface area contributed by atoms with Crippen molar-refractivity contribution in [2.45, 2.75) is 44.2 Å². The number of ether oxygens (including phenoxy) is 3. The van der Waals surface area contributed by atoms with Crippen LogP contribution in [-0.2, 0) is 16.0 Å². The second-order valence-corrected chi connectivity index (χ2v) is 5.83. The summed E-state index contributed by atoms with van der Waals surface area (Å²) in [6.45, 7) is 4.27. The van der Waals surface area contributed by atoms with Gasteiger partial charge in [0.1, 0.15) is 30.2 Å². The summed E-state index contributed by atoms with van der Waals surface area (Å²) in [5.41, 5.74) is 1.05. The van der Waals surface area contributed by atoms with Crippen LogP contribution in [0.15, 0.2) is 24.3 Å². The van der Waals surface area contributed by atoms with Crippen LogP contribution in [0.5, 0.6) is 5.75 Å². The summed E-state index contributed by atoms with van der Waals surface area (Å²) in [7, 11) is 0. The second kappa shape index (κ2) is 10.0. The predicted octanol–water partition coefficient (Wildman–Crippen LogP) is -1.01. The van der Waals surface area contributed by atoms with Gasteiger partial charge in [-0.15, -0.1) is 0 Å². The predicted molar refractivity (Wildman–Crippen MR) is 89.0 cm³/mol. The van der Waals surface area contributed by atoms with E-state index >= 15 is 0 Å². The Kier molecular flexibility index (Phi) is 8.04. The third kappa shape index (κ3) is 5.61. The lowest BCUT2D eigenvalue weighted by atomic mass is 9.99. The first-order chi connectivity index (χ1) is 12.1. The van der Waals surface area contributed by atoms with Gasteiger partial charge in [0.25, 0.3) is 0 Å². The van der Waals surface area contributed by atoms with Gasteiger partial charge >= 0.3 is 0 Å². The van der Waals surface area contributed by atoms with Crippen LogP contribution in [-0.4, -0.2) is 77.5 Å². The van der Waals surface area contributed by atoms with Crippen LogP contribution in [0.25, 0.3) is 0 Å². The van der Waals surface area contributed by atoms with Crippen molar-refractivity contribution in [3.8, 4) is 5.75 Å². The Morgan fingerprint density at radius 3 is 2.44 bits per heavy atom. The third-order valence-corrected chi connectivity index (χ3v) is 3.98. The van der Waals surface area contributed by atoms with Gasteiger partial charge in [-0.1, -0.05) is 12.1 Å². The fraction of sp³-hybridized carbons (Fsp3) is 0.647. The van der Waals surface area contributed by atoms with Gasteiger partial charge in [0.15, 0.2) is 0 Å². The van der Waals surface area contributed by atoms with Crippen molar-refractivity contribution in [2.24, 2.45) is 0 Å². The van der Waals surface area contributed by atoms with Crippen LogP contribution in [0.3, 0.4) is 0 Å². The highest BCUT2D eigenvalue weighted by Crippen LogP contribution is 2.24. The fourth-order valence-corrected chi connectivity index (χ4v) is 2.51. The molecule has 0 amide bonds. The second-order valence-electron chi connectivity index (χ2n) is 5.83. The Balaban J connectivity index is 1.85. The Labute approximate surface area is 147 Å². The van der Waals surface area contributed by atoms with Gasteiger partial charge in [0.05, 0.1) is 13.2 Å². The molecule has 5 N–H and O–H groups in total. The van der Waals surface area contributed by atoms with Gasteiger partial charge in [-0.3, -0.25) is 0 Å². The van der Waals surface area contributed by atoms with Crippen LogP contribution in [0.4, 0.5) is 0 Å². The smallest absolute Gasteiger partial charge is 0.229 e. The summed E-state index contributed by atoms with van der Waals surface area (Å²) in [6, 6.07) is 7.18. The molecule has 5 unspecified atom stereocenters. The summed E-state index contributed by atoms with van der Waals surface area (Å²) >= 11 is 0. The normalized spacial score (nSPS) is 29.6. The lowest BCUT2D eigenvalue weighted by Crippen LogP contribution is -2.60. The number of hydrogen-bond acceptors (Lipinski definition) is 8. The molecule has 0 radical (unpaired) electrons. The molecule has 0 aromatic heterocycles. The molecule has 0 spiro atoms. The van der Waals surface area contributed by atoms with E-state index < -0.39 is 37.3 Å². The van der Waals surface area contributed by atoms with E-state index in [1.54, 1.807) is 12.1 Å². The SMILES string of the molecule is CCOCCNCc1ccc(OC2OC(CO)C(O)C(O)C2O)cc1. The summed E-state index contributed by atoms with van der Waals surface area (Å²) in [4.78, 5) is 0. The zero-order valence-electron chi connectivity index (χ0n) is 14.2. The van der Waals surface area contributed by atoms with Crippen molar-refractivity contribution in [3.63, 3.8) is 0 Å². The molecule has 2 rings (SSSR count). The first-order valence-corrected chi connectivity index (χ1v) is 8.41. The number of benzene rings is 1. The standard InChI is InChI=1S/C17H27NO7/c1-2-23-8-7-18-9-11-3-5-12(6-4-11)24-17-16(22)15(21)14(20)13(10-19)25-17/h3-6,13-22H,2,7-10H2,1H3. The molecule has 25 heavy (non-hydrogen) atoms. The van der Waals surface area contributed by atoms with Gasteiger partial charge in [-0.05, 0) is 24.6 Å². The van der Waals surface area contributed by atoms with Crippen molar-refractivity contribution < 1.29 is 34.6 Å². The van der Waals surface area contributed by atoms with E-state index in [-0.39, 0.29) is 0 Å². The van der Waals surface area contributed by atoms with E-state index in [9.17, 15) is 20.4 Å². The van der Waals surface area contributed by atoms with E-state index in [4.69, 9.17) is 14.2 Å². The molecule has 0 bridgehead atoms. The zero-order chi connectivity index (χ0) is 18.2. The van der Waals surface area contributed by atoms with Crippen molar-refractivity contribution in [2.75, 3.05) is 26.4 Å². The Hall–Kier alpha value is -1.26. The molecule has 1 aliphatic heterocycles. The molecule has 1 saturated heterocycles. The topological polar surface area (TPSA) is 121 Å². The van der Waals surface area contributed by atoms with Gasteiger partial charge in [-0.2, -0.15) is 0 Å². The maximum atomic E-state index is 9.96. The van der Waals surface area contributed by atoms with Crippen molar-refractivity contribution in [1.29, 1.82) is 0 Å². The van der Waals surface area contributed by atoms with Gasteiger partial charge in [-0.25, -0.2) is 0 Å². The Morgan fingerprint density at radius 2 is 1.80 bits per heavy atom. The fourth-order valence-electron chi connectivity index (χ4n) is 2.51. The Morgan fingerprint density at radius 1 is 1.08 bits per heavy atom. The monoisotopic (exact) mass is 357 g/mol. The van der Waals surface area contributed by atoms with Crippen LogP contribution in [0, 0.1) is 0 Å². The molecular weight excluding hydrogens is 330 g/mol.